The topological polar surface area (TPSA) is 75.4 Å². The molecule has 2 unspecified atom stereocenters. The lowest BCUT2D eigenvalue weighted by Gasteiger charge is -2.25. The van der Waals surface area contributed by atoms with Gasteiger partial charge in [0.2, 0.25) is 11.8 Å². The molecule has 0 saturated heterocycles. The Morgan fingerprint density at radius 1 is 1.08 bits per heavy atom. The predicted molar refractivity (Wildman–Crippen MR) is 100.0 cm³/mol. The second-order valence-electron chi connectivity index (χ2n) is 6.33. The maximum absolute atomic E-state index is 12.6. The van der Waals surface area contributed by atoms with Crippen LogP contribution in [0.4, 0.5) is 5.69 Å². The summed E-state index contributed by atoms with van der Waals surface area (Å²) in [6.07, 6.45) is 0. The van der Waals surface area contributed by atoms with Crippen LogP contribution in [0.1, 0.15) is 24.1 Å². The molecular formula is C20H25N3O2. The molecule has 0 spiro atoms. The lowest BCUT2D eigenvalue weighted by atomic mass is 9.94. The lowest BCUT2D eigenvalue weighted by Crippen LogP contribution is -2.41. The van der Waals surface area contributed by atoms with Crippen molar-refractivity contribution in [3.8, 4) is 0 Å². The number of benzene rings is 2. The molecule has 0 radical (unpaired) electrons. The van der Waals surface area contributed by atoms with Gasteiger partial charge in [-0.25, -0.2) is 0 Å². The van der Waals surface area contributed by atoms with Crippen LogP contribution in [0.5, 0.6) is 0 Å². The van der Waals surface area contributed by atoms with E-state index in [0.29, 0.717) is 5.69 Å². The highest BCUT2D eigenvalue weighted by atomic mass is 16.2. The quantitative estimate of drug-likeness (QED) is 0.850. The van der Waals surface area contributed by atoms with Gasteiger partial charge in [0, 0.05) is 18.8 Å². The number of nitrogens with zero attached hydrogens (tertiary/aromatic N) is 1. The molecule has 5 nitrogen and oxygen atoms in total. The fourth-order valence-electron chi connectivity index (χ4n) is 2.60. The van der Waals surface area contributed by atoms with Crippen molar-refractivity contribution in [2.75, 3.05) is 18.9 Å². The Hall–Kier alpha value is -2.66. The van der Waals surface area contributed by atoms with Crippen LogP contribution in [0, 0.1) is 12.8 Å². The van der Waals surface area contributed by atoms with Crippen LogP contribution >= 0.6 is 0 Å². The van der Waals surface area contributed by atoms with Crippen molar-refractivity contribution in [1.29, 1.82) is 0 Å². The molecule has 0 bridgehead atoms. The lowest BCUT2D eigenvalue weighted by molar-refractivity contribution is -0.137. The highest BCUT2D eigenvalue weighted by molar-refractivity contribution is 5.94. The van der Waals surface area contributed by atoms with Gasteiger partial charge in [0.05, 0.1) is 12.5 Å². The Balaban J connectivity index is 1.92. The minimum Gasteiger partial charge on any atom is -0.336 e. The summed E-state index contributed by atoms with van der Waals surface area (Å²) in [7, 11) is 1.62. The van der Waals surface area contributed by atoms with Crippen LogP contribution in [0.2, 0.25) is 0 Å². The van der Waals surface area contributed by atoms with Crippen molar-refractivity contribution in [2.45, 2.75) is 19.9 Å². The second-order valence-corrected chi connectivity index (χ2v) is 6.33. The smallest absolute Gasteiger partial charge is 0.243 e. The summed E-state index contributed by atoms with van der Waals surface area (Å²) in [5, 5.41) is 2.79. The Morgan fingerprint density at radius 2 is 1.68 bits per heavy atom. The summed E-state index contributed by atoms with van der Waals surface area (Å²) >= 11 is 0. The summed E-state index contributed by atoms with van der Waals surface area (Å²) in [5.41, 5.74) is 8.93. The van der Waals surface area contributed by atoms with Gasteiger partial charge in [0.1, 0.15) is 0 Å². The van der Waals surface area contributed by atoms with Gasteiger partial charge in [-0.05, 0) is 24.6 Å². The molecule has 5 heteroatoms. The van der Waals surface area contributed by atoms with Gasteiger partial charge in [0.15, 0.2) is 0 Å². The van der Waals surface area contributed by atoms with Crippen molar-refractivity contribution < 1.29 is 9.59 Å². The second kappa shape index (κ2) is 8.44. The minimum absolute atomic E-state index is 0.0153. The van der Waals surface area contributed by atoms with Gasteiger partial charge in [-0.15, -0.1) is 0 Å². The first kappa shape index (κ1) is 18.7. The number of hydrogen-bond acceptors (Lipinski definition) is 3. The zero-order valence-electron chi connectivity index (χ0n) is 14.9. The Bertz CT molecular complexity index is 713. The molecule has 132 valence electrons. The summed E-state index contributed by atoms with van der Waals surface area (Å²) < 4.78 is 0. The van der Waals surface area contributed by atoms with E-state index >= 15 is 0 Å². The fourth-order valence-corrected chi connectivity index (χ4v) is 2.60. The predicted octanol–water partition coefficient (Wildman–Crippen LogP) is 2.73. The minimum atomic E-state index is -0.417. The number of carbonyl (C=O) groups is 2. The number of amides is 2. The van der Waals surface area contributed by atoms with Crippen molar-refractivity contribution in [1.82, 2.24) is 4.90 Å². The van der Waals surface area contributed by atoms with E-state index in [2.05, 4.69) is 5.32 Å². The maximum atomic E-state index is 12.6. The third-order valence-electron chi connectivity index (χ3n) is 4.21. The fraction of sp³-hybridized carbons (Fsp3) is 0.300. The van der Waals surface area contributed by atoms with Crippen LogP contribution in [0.3, 0.4) is 0 Å². The number of likely N-dealkylation sites (N-methyl/N-ethyl adjacent to an activating group) is 1. The van der Waals surface area contributed by atoms with E-state index in [-0.39, 0.29) is 18.4 Å². The first-order valence-corrected chi connectivity index (χ1v) is 8.30. The largest absolute Gasteiger partial charge is 0.336 e. The van der Waals surface area contributed by atoms with Crippen molar-refractivity contribution in [2.24, 2.45) is 11.7 Å². The molecule has 0 fully saturated rings. The zero-order valence-corrected chi connectivity index (χ0v) is 14.9. The van der Waals surface area contributed by atoms with Crippen LogP contribution in [-0.2, 0) is 9.59 Å². The number of hydrogen-bond donors (Lipinski definition) is 2. The Kier molecular flexibility index (Phi) is 6.31. The van der Waals surface area contributed by atoms with Crippen LogP contribution < -0.4 is 11.1 Å². The first-order chi connectivity index (χ1) is 11.9. The first-order valence-electron chi connectivity index (χ1n) is 8.30. The van der Waals surface area contributed by atoms with Crippen LogP contribution in [-0.4, -0.2) is 30.3 Å². The number of nitrogens with one attached hydrogen (secondary N) is 1. The molecule has 0 aliphatic rings. The molecule has 2 aromatic rings. The average molecular weight is 339 g/mol. The van der Waals surface area contributed by atoms with Gasteiger partial charge < -0.3 is 16.0 Å². The van der Waals surface area contributed by atoms with Crippen molar-refractivity contribution in [3.05, 3.63) is 65.7 Å². The Morgan fingerprint density at radius 3 is 2.28 bits per heavy atom. The third-order valence-corrected chi connectivity index (χ3v) is 4.21. The van der Waals surface area contributed by atoms with Gasteiger partial charge in [-0.1, -0.05) is 55.0 Å². The van der Waals surface area contributed by atoms with E-state index in [1.807, 2.05) is 61.5 Å². The summed E-state index contributed by atoms with van der Waals surface area (Å²) in [6, 6.07) is 16.6. The molecule has 3 N–H and O–H groups in total. The van der Waals surface area contributed by atoms with E-state index < -0.39 is 12.0 Å². The Labute approximate surface area is 148 Å². The molecule has 25 heavy (non-hydrogen) atoms. The molecule has 2 rings (SSSR count). The number of aryl methyl sites for hydroxylation is 1. The van der Waals surface area contributed by atoms with E-state index in [1.165, 1.54) is 4.90 Å². The van der Waals surface area contributed by atoms with Gasteiger partial charge in [-0.3, -0.25) is 9.59 Å². The third kappa shape index (κ3) is 5.16. The van der Waals surface area contributed by atoms with Gasteiger partial charge >= 0.3 is 0 Å². The summed E-state index contributed by atoms with van der Waals surface area (Å²) in [5.74, 6) is -0.810. The SMILES string of the molecule is Cc1ccc(NC(=O)CN(C)C(=O)C(C)C(N)c2ccccc2)cc1. The molecule has 0 saturated carbocycles. The van der Waals surface area contributed by atoms with E-state index in [9.17, 15) is 9.59 Å². The monoisotopic (exact) mass is 339 g/mol. The molecular weight excluding hydrogens is 314 g/mol. The van der Waals surface area contributed by atoms with Crippen LogP contribution in [0.15, 0.2) is 54.6 Å². The number of carbonyl (C=O) groups excluding carboxylic acids is 2. The molecule has 2 atom stereocenters. The molecule has 0 aliphatic heterocycles. The average Bonchev–Trinajstić information content (AvgIpc) is 2.62. The number of anilines is 1. The molecule has 2 amide bonds. The van der Waals surface area contributed by atoms with E-state index in [4.69, 9.17) is 5.73 Å². The molecule has 0 aliphatic carbocycles. The van der Waals surface area contributed by atoms with Gasteiger partial charge in [-0.2, -0.15) is 0 Å². The van der Waals surface area contributed by atoms with Gasteiger partial charge in [0.25, 0.3) is 0 Å². The molecule has 0 aromatic heterocycles. The summed E-state index contributed by atoms with van der Waals surface area (Å²) in [6.45, 7) is 3.75. The van der Waals surface area contributed by atoms with Crippen molar-refractivity contribution in [3.63, 3.8) is 0 Å². The van der Waals surface area contributed by atoms with E-state index in [0.717, 1.165) is 11.1 Å². The highest BCUT2D eigenvalue weighted by Gasteiger charge is 2.25. The molecule has 2 aromatic carbocycles. The summed E-state index contributed by atoms with van der Waals surface area (Å²) in [4.78, 5) is 26.1. The number of rotatable bonds is 6. The normalized spacial score (nSPS) is 13.0. The van der Waals surface area contributed by atoms with Crippen LogP contribution in [0.25, 0.3) is 0 Å². The standard InChI is InChI=1S/C20H25N3O2/c1-14-9-11-17(12-10-14)22-18(24)13-23(3)20(25)15(2)19(21)16-7-5-4-6-8-16/h4-12,15,19H,13,21H2,1-3H3,(H,22,24). The molecule has 0 heterocycles. The van der Waals surface area contributed by atoms with Crippen molar-refractivity contribution >= 4 is 17.5 Å². The van der Waals surface area contributed by atoms with E-state index in [1.54, 1.807) is 14.0 Å². The zero-order chi connectivity index (χ0) is 18.4. The highest BCUT2D eigenvalue weighted by Crippen LogP contribution is 2.20. The maximum Gasteiger partial charge on any atom is 0.243 e. The number of nitrogens with two attached hydrogens (primary N) is 1.